The average molecular weight is 328 g/mol. The Labute approximate surface area is 145 Å². The van der Waals surface area contributed by atoms with Crippen molar-refractivity contribution in [1.29, 1.82) is 5.26 Å². The van der Waals surface area contributed by atoms with Crippen LogP contribution in [0.2, 0.25) is 0 Å². The Bertz CT molecular complexity index is 986. The fourth-order valence-corrected chi connectivity index (χ4v) is 2.60. The Balaban J connectivity index is 1.89. The van der Waals surface area contributed by atoms with E-state index in [4.69, 9.17) is 0 Å². The van der Waals surface area contributed by atoms with E-state index in [2.05, 4.69) is 5.32 Å². The predicted molar refractivity (Wildman–Crippen MR) is 97.5 cm³/mol. The average Bonchev–Trinajstić information content (AvgIpc) is 2.66. The molecule has 4 heteroatoms. The number of nitrogens with zero attached hydrogens (tertiary/aromatic N) is 1. The molecule has 0 aliphatic heterocycles. The molecular weight excluding hydrogens is 312 g/mol. The quantitative estimate of drug-likeness (QED) is 0.565. The largest absolute Gasteiger partial charge is 0.507 e. The number of amides is 1. The molecule has 0 radical (unpaired) electrons. The molecule has 0 saturated heterocycles. The number of rotatable bonds is 4. The van der Waals surface area contributed by atoms with Crippen LogP contribution >= 0.6 is 0 Å². The van der Waals surface area contributed by atoms with Crippen LogP contribution in [0.1, 0.15) is 11.1 Å². The van der Waals surface area contributed by atoms with Crippen LogP contribution in [-0.2, 0) is 11.3 Å². The number of benzene rings is 3. The fraction of sp³-hybridized carbons (Fsp3) is 0.0476. The van der Waals surface area contributed by atoms with Crippen LogP contribution < -0.4 is 5.32 Å². The van der Waals surface area contributed by atoms with E-state index in [-0.39, 0.29) is 11.3 Å². The number of nitrogens with one attached hydrogen (secondary N) is 1. The van der Waals surface area contributed by atoms with Crippen molar-refractivity contribution in [3.8, 4) is 11.8 Å². The van der Waals surface area contributed by atoms with Crippen molar-refractivity contribution in [2.75, 3.05) is 0 Å². The molecule has 3 rings (SSSR count). The minimum atomic E-state index is -0.473. The van der Waals surface area contributed by atoms with Crippen molar-refractivity contribution < 1.29 is 9.90 Å². The van der Waals surface area contributed by atoms with Crippen molar-refractivity contribution in [2.24, 2.45) is 0 Å². The van der Waals surface area contributed by atoms with E-state index in [0.29, 0.717) is 12.1 Å². The lowest BCUT2D eigenvalue weighted by atomic mass is 10.0. The topological polar surface area (TPSA) is 73.1 Å². The molecule has 0 saturated carbocycles. The molecule has 3 aromatic carbocycles. The van der Waals surface area contributed by atoms with Gasteiger partial charge in [0.2, 0.25) is 0 Å². The number of phenols is 1. The Morgan fingerprint density at radius 2 is 1.76 bits per heavy atom. The van der Waals surface area contributed by atoms with Crippen molar-refractivity contribution in [2.45, 2.75) is 6.54 Å². The molecule has 0 spiro atoms. The molecule has 0 aromatic heterocycles. The van der Waals surface area contributed by atoms with Crippen LogP contribution in [0.3, 0.4) is 0 Å². The Morgan fingerprint density at radius 3 is 2.52 bits per heavy atom. The number of carbonyl (C=O) groups is 1. The smallest absolute Gasteiger partial charge is 0.262 e. The summed E-state index contributed by atoms with van der Waals surface area (Å²) in [4.78, 5) is 12.3. The Morgan fingerprint density at radius 1 is 1.04 bits per heavy atom. The summed E-state index contributed by atoms with van der Waals surface area (Å²) in [7, 11) is 0. The number of carbonyl (C=O) groups excluding carboxylic acids is 1. The van der Waals surface area contributed by atoms with Crippen LogP contribution in [0.4, 0.5) is 0 Å². The lowest BCUT2D eigenvalue weighted by Gasteiger charge is -2.07. The van der Waals surface area contributed by atoms with Crippen molar-refractivity contribution >= 4 is 22.8 Å². The fourth-order valence-electron chi connectivity index (χ4n) is 2.60. The summed E-state index contributed by atoms with van der Waals surface area (Å²) in [6, 6.07) is 22.2. The van der Waals surface area contributed by atoms with E-state index < -0.39 is 5.91 Å². The molecule has 0 heterocycles. The molecular formula is C21H16N2O2. The molecule has 1 amide bonds. The summed E-state index contributed by atoms with van der Waals surface area (Å²) in [5.74, 6) is -0.444. The molecule has 2 N–H and O–H groups in total. The van der Waals surface area contributed by atoms with E-state index in [1.54, 1.807) is 12.1 Å². The van der Waals surface area contributed by atoms with E-state index in [9.17, 15) is 15.2 Å². The lowest BCUT2D eigenvalue weighted by molar-refractivity contribution is -0.117. The molecule has 0 aliphatic carbocycles. The number of hydrogen-bond acceptors (Lipinski definition) is 3. The highest BCUT2D eigenvalue weighted by atomic mass is 16.3. The highest BCUT2D eigenvalue weighted by Gasteiger charge is 2.12. The molecule has 0 fully saturated rings. The molecule has 0 aliphatic rings. The third-order valence-electron chi connectivity index (χ3n) is 3.90. The number of fused-ring (bicyclic) bond motifs is 1. The second-order valence-corrected chi connectivity index (χ2v) is 5.56. The molecule has 0 bridgehead atoms. The van der Waals surface area contributed by atoms with Crippen molar-refractivity contribution in [3.63, 3.8) is 0 Å². The zero-order chi connectivity index (χ0) is 17.6. The molecule has 0 atom stereocenters. The van der Waals surface area contributed by atoms with E-state index in [0.717, 1.165) is 16.3 Å². The molecule has 122 valence electrons. The van der Waals surface area contributed by atoms with Gasteiger partial charge in [-0.15, -0.1) is 0 Å². The monoisotopic (exact) mass is 328 g/mol. The second-order valence-electron chi connectivity index (χ2n) is 5.56. The molecule has 3 aromatic rings. The normalized spacial score (nSPS) is 11.1. The third-order valence-corrected chi connectivity index (χ3v) is 3.90. The van der Waals surface area contributed by atoms with Gasteiger partial charge in [0, 0.05) is 12.1 Å². The number of aromatic hydroxyl groups is 1. The van der Waals surface area contributed by atoms with Gasteiger partial charge in [-0.25, -0.2) is 0 Å². The number of phenolic OH excluding ortho intramolecular Hbond substituents is 1. The van der Waals surface area contributed by atoms with Gasteiger partial charge in [-0.05, 0) is 28.5 Å². The SMILES string of the molecule is N#C/C(=C\c1c(O)ccc2ccccc12)C(=O)NCc1ccccc1. The zero-order valence-electron chi connectivity index (χ0n) is 13.4. The van der Waals surface area contributed by atoms with Gasteiger partial charge in [-0.3, -0.25) is 4.79 Å². The van der Waals surface area contributed by atoms with Gasteiger partial charge >= 0.3 is 0 Å². The third kappa shape index (κ3) is 3.67. The van der Waals surface area contributed by atoms with Gasteiger partial charge in [0.05, 0.1) is 0 Å². The maximum atomic E-state index is 12.3. The summed E-state index contributed by atoms with van der Waals surface area (Å²) in [5.41, 5.74) is 1.35. The Kier molecular flexibility index (Phi) is 4.77. The standard InChI is InChI=1S/C21H16N2O2/c22-13-17(21(25)23-14-15-6-2-1-3-7-15)12-19-18-9-5-4-8-16(18)10-11-20(19)24/h1-12,24H,14H2,(H,23,25)/b17-12+. The lowest BCUT2D eigenvalue weighted by Crippen LogP contribution is -2.23. The van der Waals surface area contributed by atoms with Crippen molar-refractivity contribution in [3.05, 3.63) is 83.4 Å². The zero-order valence-corrected chi connectivity index (χ0v) is 13.4. The highest BCUT2D eigenvalue weighted by Crippen LogP contribution is 2.29. The molecule has 25 heavy (non-hydrogen) atoms. The summed E-state index contributed by atoms with van der Waals surface area (Å²) in [6.45, 7) is 0.334. The number of nitriles is 1. The van der Waals surface area contributed by atoms with E-state index >= 15 is 0 Å². The van der Waals surface area contributed by atoms with Gasteiger partial charge in [0.25, 0.3) is 5.91 Å². The van der Waals surface area contributed by atoms with Crippen LogP contribution in [0, 0.1) is 11.3 Å². The van der Waals surface area contributed by atoms with Crippen LogP contribution in [0.15, 0.2) is 72.3 Å². The maximum absolute atomic E-state index is 12.3. The van der Waals surface area contributed by atoms with Crippen LogP contribution in [0.25, 0.3) is 16.8 Å². The minimum Gasteiger partial charge on any atom is -0.507 e. The number of hydrogen-bond donors (Lipinski definition) is 2. The summed E-state index contributed by atoms with van der Waals surface area (Å²) in [5, 5.41) is 23.9. The van der Waals surface area contributed by atoms with Gasteiger partial charge < -0.3 is 10.4 Å². The second kappa shape index (κ2) is 7.33. The summed E-state index contributed by atoms with van der Waals surface area (Å²) in [6.07, 6.45) is 1.43. The van der Waals surface area contributed by atoms with Gasteiger partial charge in [-0.1, -0.05) is 60.7 Å². The first-order chi connectivity index (χ1) is 12.2. The first kappa shape index (κ1) is 16.3. The summed E-state index contributed by atoms with van der Waals surface area (Å²) >= 11 is 0. The minimum absolute atomic E-state index is 0.0299. The van der Waals surface area contributed by atoms with Gasteiger partial charge in [0.1, 0.15) is 17.4 Å². The van der Waals surface area contributed by atoms with Crippen molar-refractivity contribution in [1.82, 2.24) is 5.32 Å². The first-order valence-electron chi connectivity index (χ1n) is 7.83. The molecule has 0 unspecified atom stereocenters. The first-order valence-corrected chi connectivity index (χ1v) is 7.83. The Hall–Kier alpha value is -3.58. The van der Waals surface area contributed by atoms with E-state index in [1.807, 2.05) is 60.7 Å². The van der Waals surface area contributed by atoms with E-state index in [1.165, 1.54) is 6.08 Å². The molecule has 4 nitrogen and oxygen atoms in total. The van der Waals surface area contributed by atoms with Gasteiger partial charge in [0.15, 0.2) is 0 Å². The van der Waals surface area contributed by atoms with Crippen LogP contribution in [-0.4, -0.2) is 11.0 Å². The predicted octanol–water partition coefficient (Wildman–Crippen LogP) is 3.77. The van der Waals surface area contributed by atoms with Crippen LogP contribution in [0.5, 0.6) is 5.75 Å². The summed E-state index contributed by atoms with van der Waals surface area (Å²) < 4.78 is 0. The maximum Gasteiger partial charge on any atom is 0.262 e. The van der Waals surface area contributed by atoms with Gasteiger partial charge in [-0.2, -0.15) is 5.26 Å². The highest BCUT2D eigenvalue weighted by molar-refractivity contribution is 6.04.